The van der Waals surface area contributed by atoms with Gasteiger partial charge in [0.2, 0.25) is 0 Å². The number of carbonyl (C=O) groups excluding carboxylic acids is 2. The van der Waals surface area contributed by atoms with Crippen LogP contribution in [-0.4, -0.2) is 11.8 Å². The molecular formula is C26H20ClN3O2. The van der Waals surface area contributed by atoms with E-state index in [0.29, 0.717) is 22.0 Å². The summed E-state index contributed by atoms with van der Waals surface area (Å²) in [5, 5.41) is 13.2. The van der Waals surface area contributed by atoms with Crippen molar-refractivity contribution in [3.05, 3.63) is 99.6 Å². The zero-order valence-corrected chi connectivity index (χ0v) is 18.4. The fourth-order valence-electron chi connectivity index (χ4n) is 3.75. The molecule has 0 aromatic heterocycles. The van der Waals surface area contributed by atoms with Crippen LogP contribution < -0.4 is 10.2 Å². The number of hydrogen-bond acceptors (Lipinski definition) is 3. The Bertz CT molecular complexity index is 1320. The van der Waals surface area contributed by atoms with Gasteiger partial charge in [-0.2, -0.15) is 5.26 Å². The second kappa shape index (κ2) is 8.70. The lowest BCUT2D eigenvalue weighted by Crippen LogP contribution is -2.27. The fraction of sp³-hybridized carbons (Fsp3) is 0.115. The molecule has 0 radical (unpaired) electrons. The van der Waals surface area contributed by atoms with Gasteiger partial charge in [-0.1, -0.05) is 60.1 Å². The Kier molecular flexibility index (Phi) is 5.81. The molecule has 0 unspecified atom stereocenters. The molecule has 0 spiro atoms. The molecule has 1 N–H and O–H groups in total. The van der Waals surface area contributed by atoms with Crippen molar-refractivity contribution in [1.29, 1.82) is 5.26 Å². The number of benzene rings is 3. The van der Waals surface area contributed by atoms with Gasteiger partial charge in [-0.15, -0.1) is 0 Å². The molecular weight excluding hydrogens is 422 g/mol. The van der Waals surface area contributed by atoms with Crippen LogP contribution >= 0.6 is 11.6 Å². The topological polar surface area (TPSA) is 73.2 Å². The van der Waals surface area contributed by atoms with E-state index >= 15 is 0 Å². The van der Waals surface area contributed by atoms with E-state index in [2.05, 4.69) is 5.32 Å². The third-order valence-corrected chi connectivity index (χ3v) is 5.81. The van der Waals surface area contributed by atoms with E-state index in [1.54, 1.807) is 29.2 Å². The van der Waals surface area contributed by atoms with Crippen molar-refractivity contribution in [1.82, 2.24) is 0 Å². The lowest BCUT2D eigenvalue weighted by atomic mass is 10.0. The van der Waals surface area contributed by atoms with Crippen LogP contribution in [-0.2, 0) is 16.1 Å². The van der Waals surface area contributed by atoms with Crippen molar-refractivity contribution >= 4 is 40.4 Å². The normalized spacial score (nSPS) is 14.1. The summed E-state index contributed by atoms with van der Waals surface area (Å²) in [6.07, 6.45) is 0. The first-order chi connectivity index (χ1) is 15.4. The average Bonchev–Trinajstić information content (AvgIpc) is 3.05. The Morgan fingerprint density at radius 2 is 1.78 bits per heavy atom. The second-order valence-electron chi connectivity index (χ2n) is 7.63. The summed E-state index contributed by atoms with van der Waals surface area (Å²) in [4.78, 5) is 28.1. The Hall–Kier alpha value is -3.88. The predicted molar refractivity (Wildman–Crippen MR) is 126 cm³/mol. The monoisotopic (exact) mass is 441 g/mol. The molecule has 0 aliphatic carbocycles. The van der Waals surface area contributed by atoms with Crippen LogP contribution in [0.2, 0.25) is 5.02 Å². The first-order valence-corrected chi connectivity index (χ1v) is 10.5. The summed E-state index contributed by atoms with van der Waals surface area (Å²) in [6.45, 7) is 4.02. The molecule has 0 fully saturated rings. The minimum atomic E-state index is -0.612. The van der Waals surface area contributed by atoms with E-state index in [4.69, 9.17) is 11.6 Å². The van der Waals surface area contributed by atoms with Crippen LogP contribution in [0.1, 0.15) is 22.3 Å². The van der Waals surface area contributed by atoms with Gasteiger partial charge < -0.3 is 10.2 Å². The zero-order valence-electron chi connectivity index (χ0n) is 17.6. The van der Waals surface area contributed by atoms with E-state index < -0.39 is 11.8 Å². The van der Waals surface area contributed by atoms with Crippen molar-refractivity contribution in [3.63, 3.8) is 0 Å². The highest BCUT2D eigenvalue weighted by molar-refractivity contribution is 6.38. The van der Waals surface area contributed by atoms with Gasteiger partial charge in [0.15, 0.2) is 0 Å². The van der Waals surface area contributed by atoms with Crippen LogP contribution in [0.15, 0.2) is 72.3 Å². The number of hydrogen-bond donors (Lipinski definition) is 1. The molecule has 5 nitrogen and oxygen atoms in total. The van der Waals surface area contributed by atoms with Crippen molar-refractivity contribution in [2.45, 2.75) is 20.4 Å². The van der Waals surface area contributed by atoms with Crippen LogP contribution in [0.4, 0.5) is 11.4 Å². The standard InChI is InChI=1S/C26H20ClN3O2/c1-16-11-12-17(2)22(13-16)29-25(31)20(14-28)24-19-8-4-6-10-23(19)30(26(24)32)15-18-7-3-5-9-21(18)27/h3-13H,15H2,1-2H3,(H,29,31). The summed E-state index contributed by atoms with van der Waals surface area (Å²) >= 11 is 6.31. The molecule has 3 aromatic rings. The smallest absolute Gasteiger partial charge is 0.267 e. The summed E-state index contributed by atoms with van der Waals surface area (Å²) in [6, 6.07) is 22.1. The maximum absolute atomic E-state index is 13.5. The van der Waals surface area contributed by atoms with Gasteiger partial charge in [-0.05, 0) is 48.7 Å². The number of nitrogens with zero attached hydrogens (tertiary/aromatic N) is 2. The van der Waals surface area contributed by atoms with E-state index in [-0.39, 0.29) is 17.7 Å². The summed E-state index contributed by atoms with van der Waals surface area (Å²) in [7, 11) is 0. The maximum Gasteiger partial charge on any atom is 0.267 e. The first kappa shape index (κ1) is 21.4. The fourth-order valence-corrected chi connectivity index (χ4v) is 3.95. The number of amides is 2. The Labute approximate surface area is 191 Å². The van der Waals surface area contributed by atoms with Gasteiger partial charge >= 0.3 is 0 Å². The van der Waals surface area contributed by atoms with Gasteiger partial charge in [0, 0.05) is 16.3 Å². The molecule has 2 amide bonds. The zero-order chi connectivity index (χ0) is 22.8. The second-order valence-corrected chi connectivity index (χ2v) is 8.04. The Morgan fingerprint density at radius 3 is 2.53 bits per heavy atom. The highest BCUT2D eigenvalue weighted by Crippen LogP contribution is 2.40. The van der Waals surface area contributed by atoms with E-state index in [9.17, 15) is 14.9 Å². The van der Waals surface area contributed by atoms with Crippen molar-refractivity contribution in [2.24, 2.45) is 0 Å². The number of halogens is 1. The summed E-state index contributed by atoms with van der Waals surface area (Å²) in [5.41, 5.74) is 4.29. The third-order valence-electron chi connectivity index (χ3n) is 5.44. The number of para-hydroxylation sites is 1. The SMILES string of the molecule is Cc1ccc(C)c(NC(=O)C(C#N)=C2C(=O)N(Cc3ccccc3Cl)c3ccccc32)c1. The maximum atomic E-state index is 13.5. The lowest BCUT2D eigenvalue weighted by Gasteiger charge is -2.18. The minimum absolute atomic E-state index is 0.0953. The number of fused-ring (bicyclic) bond motifs is 1. The number of nitriles is 1. The average molecular weight is 442 g/mol. The number of aryl methyl sites for hydroxylation is 2. The molecule has 1 aliphatic rings. The summed E-state index contributed by atoms with van der Waals surface area (Å²) in [5.74, 6) is -1.02. The van der Waals surface area contributed by atoms with E-state index in [1.807, 2.05) is 62.4 Å². The van der Waals surface area contributed by atoms with Gasteiger partial charge in [0.05, 0.1) is 17.8 Å². The van der Waals surface area contributed by atoms with Crippen molar-refractivity contribution < 1.29 is 9.59 Å². The quantitative estimate of drug-likeness (QED) is 0.434. The first-order valence-electron chi connectivity index (χ1n) is 10.1. The molecule has 4 rings (SSSR count). The third kappa shape index (κ3) is 3.89. The Morgan fingerprint density at radius 1 is 1.06 bits per heavy atom. The van der Waals surface area contributed by atoms with E-state index in [1.165, 1.54) is 0 Å². The molecule has 0 atom stereocenters. The number of nitrogens with one attached hydrogen (secondary N) is 1. The van der Waals surface area contributed by atoms with Crippen molar-refractivity contribution in [3.8, 4) is 6.07 Å². The molecule has 0 bridgehead atoms. The molecule has 6 heteroatoms. The van der Waals surface area contributed by atoms with Gasteiger partial charge in [-0.25, -0.2) is 0 Å². The number of anilines is 2. The molecule has 32 heavy (non-hydrogen) atoms. The minimum Gasteiger partial charge on any atom is -0.321 e. The molecule has 1 aliphatic heterocycles. The Balaban J connectivity index is 1.76. The molecule has 0 saturated carbocycles. The number of rotatable bonds is 4. The van der Waals surface area contributed by atoms with Crippen LogP contribution in [0.3, 0.4) is 0 Å². The highest BCUT2D eigenvalue weighted by atomic mass is 35.5. The number of carbonyl (C=O) groups is 2. The van der Waals surface area contributed by atoms with Crippen molar-refractivity contribution in [2.75, 3.05) is 10.2 Å². The highest BCUT2D eigenvalue weighted by Gasteiger charge is 2.36. The van der Waals surface area contributed by atoms with Crippen LogP contribution in [0, 0.1) is 25.2 Å². The molecule has 3 aromatic carbocycles. The van der Waals surface area contributed by atoms with E-state index in [0.717, 1.165) is 16.7 Å². The van der Waals surface area contributed by atoms with Gasteiger partial charge in [0.1, 0.15) is 11.6 Å². The van der Waals surface area contributed by atoms with Crippen LogP contribution in [0.5, 0.6) is 0 Å². The van der Waals surface area contributed by atoms with Gasteiger partial charge in [0.25, 0.3) is 11.8 Å². The van der Waals surface area contributed by atoms with Crippen LogP contribution in [0.25, 0.3) is 5.57 Å². The molecule has 1 heterocycles. The van der Waals surface area contributed by atoms with Gasteiger partial charge in [-0.3, -0.25) is 9.59 Å². The predicted octanol–water partition coefficient (Wildman–Crippen LogP) is 5.42. The largest absolute Gasteiger partial charge is 0.321 e. The molecule has 158 valence electrons. The summed E-state index contributed by atoms with van der Waals surface area (Å²) < 4.78 is 0. The molecule has 0 saturated heterocycles. The lowest BCUT2D eigenvalue weighted by molar-refractivity contribution is -0.114.